The van der Waals surface area contributed by atoms with Crippen molar-refractivity contribution in [3.8, 4) is 0 Å². The molecule has 0 aliphatic carbocycles. The van der Waals surface area contributed by atoms with E-state index in [0.29, 0.717) is 6.54 Å². The molecule has 0 fully saturated rings. The number of benzene rings is 2. The second kappa shape index (κ2) is 5.61. The summed E-state index contributed by atoms with van der Waals surface area (Å²) >= 11 is 0. The molecule has 2 aromatic rings. The second-order valence-electron chi connectivity index (χ2n) is 4.95. The Morgan fingerprint density at radius 1 is 1.10 bits per heavy atom. The summed E-state index contributed by atoms with van der Waals surface area (Å²) in [5.74, 6) is -1.19. The first-order valence-corrected chi connectivity index (χ1v) is 6.68. The van der Waals surface area contributed by atoms with Gasteiger partial charge in [0.2, 0.25) is 5.91 Å². The zero-order valence-electron chi connectivity index (χ0n) is 11.3. The highest BCUT2D eigenvalue weighted by atomic mass is 19.1. The summed E-state index contributed by atoms with van der Waals surface area (Å²) in [4.78, 5) is 13.7. The molecule has 3 rings (SSSR count). The number of fused-ring (bicyclic) bond motifs is 1. The van der Waals surface area contributed by atoms with Crippen LogP contribution in [0.2, 0.25) is 0 Å². The molecule has 1 amide bonds. The molecule has 108 valence electrons. The van der Waals surface area contributed by atoms with Gasteiger partial charge in [-0.2, -0.15) is 0 Å². The Bertz CT molecular complexity index is 688. The molecular formula is C16H14F2N2O. The van der Waals surface area contributed by atoms with Gasteiger partial charge in [0, 0.05) is 17.8 Å². The molecule has 5 heteroatoms. The van der Waals surface area contributed by atoms with Gasteiger partial charge in [-0.3, -0.25) is 4.79 Å². The largest absolute Gasteiger partial charge is 0.306 e. The van der Waals surface area contributed by atoms with Crippen LogP contribution < -0.4 is 10.2 Å². The zero-order valence-corrected chi connectivity index (χ0v) is 11.3. The third-order valence-corrected chi connectivity index (χ3v) is 3.51. The molecule has 1 heterocycles. The van der Waals surface area contributed by atoms with Crippen molar-refractivity contribution in [2.75, 3.05) is 11.4 Å². The van der Waals surface area contributed by atoms with E-state index in [0.717, 1.165) is 29.4 Å². The molecule has 0 saturated heterocycles. The van der Waals surface area contributed by atoms with Crippen LogP contribution in [0.5, 0.6) is 0 Å². The molecule has 2 aromatic carbocycles. The first kappa shape index (κ1) is 13.7. The van der Waals surface area contributed by atoms with Gasteiger partial charge < -0.3 is 10.2 Å². The van der Waals surface area contributed by atoms with Gasteiger partial charge in [0.1, 0.15) is 11.6 Å². The van der Waals surface area contributed by atoms with Crippen LogP contribution >= 0.6 is 0 Å². The lowest BCUT2D eigenvalue weighted by atomic mass is 10.1. The normalized spacial score (nSPS) is 14.8. The molecule has 0 radical (unpaired) electrons. The SMILES string of the molecule is O=C1CNCc2ccccc2N1Cc1cc(F)ccc1F. The number of nitrogens with zero attached hydrogens (tertiary/aromatic N) is 1. The van der Waals surface area contributed by atoms with Crippen LogP contribution in [0.1, 0.15) is 11.1 Å². The van der Waals surface area contributed by atoms with E-state index in [9.17, 15) is 13.6 Å². The van der Waals surface area contributed by atoms with Gasteiger partial charge in [0.25, 0.3) is 0 Å². The van der Waals surface area contributed by atoms with E-state index >= 15 is 0 Å². The maximum absolute atomic E-state index is 13.8. The van der Waals surface area contributed by atoms with Crippen molar-refractivity contribution in [1.29, 1.82) is 0 Å². The van der Waals surface area contributed by atoms with Crippen molar-refractivity contribution in [3.63, 3.8) is 0 Å². The lowest BCUT2D eigenvalue weighted by molar-refractivity contribution is -0.117. The summed E-state index contributed by atoms with van der Waals surface area (Å²) in [6.45, 7) is 0.761. The fourth-order valence-electron chi connectivity index (χ4n) is 2.47. The van der Waals surface area contributed by atoms with Crippen LogP contribution in [0, 0.1) is 11.6 Å². The van der Waals surface area contributed by atoms with Crippen LogP contribution in [0.4, 0.5) is 14.5 Å². The number of hydrogen-bond acceptors (Lipinski definition) is 2. The van der Waals surface area contributed by atoms with Gasteiger partial charge in [-0.05, 0) is 29.8 Å². The number of amides is 1. The van der Waals surface area contributed by atoms with E-state index in [1.54, 1.807) is 0 Å². The summed E-state index contributed by atoms with van der Waals surface area (Å²) in [6, 6.07) is 10.7. The third-order valence-electron chi connectivity index (χ3n) is 3.51. The summed E-state index contributed by atoms with van der Waals surface area (Å²) in [5.41, 5.74) is 1.86. The quantitative estimate of drug-likeness (QED) is 0.921. The predicted octanol–water partition coefficient (Wildman–Crippen LogP) is 2.60. The fourth-order valence-corrected chi connectivity index (χ4v) is 2.47. The Balaban J connectivity index is 2.00. The van der Waals surface area contributed by atoms with E-state index in [2.05, 4.69) is 5.32 Å². The van der Waals surface area contributed by atoms with Crippen LogP contribution in [0.3, 0.4) is 0 Å². The van der Waals surface area contributed by atoms with Crippen molar-refractivity contribution in [2.24, 2.45) is 0 Å². The molecule has 3 nitrogen and oxygen atoms in total. The van der Waals surface area contributed by atoms with Gasteiger partial charge in [0.15, 0.2) is 0 Å². The lowest BCUT2D eigenvalue weighted by Crippen LogP contribution is -2.35. The smallest absolute Gasteiger partial charge is 0.241 e. The molecular weight excluding hydrogens is 274 g/mol. The Morgan fingerprint density at radius 3 is 2.76 bits per heavy atom. The summed E-state index contributed by atoms with van der Waals surface area (Å²) in [5, 5.41) is 3.04. The number of para-hydroxylation sites is 1. The summed E-state index contributed by atoms with van der Waals surface area (Å²) in [6.07, 6.45) is 0. The number of nitrogens with one attached hydrogen (secondary N) is 1. The first-order valence-electron chi connectivity index (χ1n) is 6.68. The first-order chi connectivity index (χ1) is 10.1. The fraction of sp³-hybridized carbons (Fsp3) is 0.188. The van der Waals surface area contributed by atoms with Crippen LogP contribution in [-0.4, -0.2) is 12.5 Å². The minimum Gasteiger partial charge on any atom is -0.306 e. The zero-order chi connectivity index (χ0) is 14.8. The maximum Gasteiger partial charge on any atom is 0.241 e. The second-order valence-corrected chi connectivity index (χ2v) is 4.95. The molecule has 0 unspecified atom stereocenters. The van der Waals surface area contributed by atoms with Crippen molar-refractivity contribution in [1.82, 2.24) is 5.32 Å². The number of hydrogen-bond donors (Lipinski definition) is 1. The molecule has 0 bridgehead atoms. The Labute approximate surface area is 121 Å². The maximum atomic E-state index is 13.8. The van der Waals surface area contributed by atoms with E-state index in [1.165, 1.54) is 4.90 Å². The summed E-state index contributed by atoms with van der Waals surface area (Å²) < 4.78 is 27.1. The molecule has 1 aliphatic heterocycles. The van der Waals surface area contributed by atoms with Gasteiger partial charge in [0.05, 0.1) is 13.1 Å². The standard InChI is InChI=1S/C16H14F2N2O/c17-13-5-6-14(18)12(7-13)10-20-15-4-2-1-3-11(15)8-19-9-16(20)21/h1-7,19H,8-10H2. The van der Waals surface area contributed by atoms with Crippen molar-refractivity contribution < 1.29 is 13.6 Å². The molecule has 1 N–H and O–H groups in total. The minimum absolute atomic E-state index is 0.0150. The Hall–Kier alpha value is -2.27. The molecule has 0 aromatic heterocycles. The summed E-state index contributed by atoms with van der Waals surface area (Å²) in [7, 11) is 0. The topological polar surface area (TPSA) is 32.3 Å². The third kappa shape index (κ3) is 2.78. The number of carbonyl (C=O) groups excluding carboxylic acids is 1. The molecule has 1 aliphatic rings. The van der Waals surface area contributed by atoms with Crippen molar-refractivity contribution in [2.45, 2.75) is 13.1 Å². The van der Waals surface area contributed by atoms with Crippen LogP contribution in [-0.2, 0) is 17.9 Å². The van der Waals surface area contributed by atoms with Crippen LogP contribution in [0.15, 0.2) is 42.5 Å². The number of carbonyl (C=O) groups is 1. The molecule has 0 saturated carbocycles. The van der Waals surface area contributed by atoms with Crippen molar-refractivity contribution >= 4 is 11.6 Å². The number of anilines is 1. The minimum atomic E-state index is -0.515. The van der Waals surface area contributed by atoms with E-state index in [1.807, 2.05) is 24.3 Å². The monoisotopic (exact) mass is 288 g/mol. The van der Waals surface area contributed by atoms with Gasteiger partial charge in [-0.15, -0.1) is 0 Å². The van der Waals surface area contributed by atoms with Gasteiger partial charge >= 0.3 is 0 Å². The van der Waals surface area contributed by atoms with Gasteiger partial charge in [-0.25, -0.2) is 8.78 Å². The average Bonchev–Trinajstić information content (AvgIpc) is 2.63. The van der Waals surface area contributed by atoms with E-state index < -0.39 is 11.6 Å². The molecule has 0 atom stereocenters. The predicted molar refractivity (Wildman–Crippen MR) is 75.7 cm³/mol. The average molecular weight is 288 g/mol. The highest BCUT2D eigenvalue weighted by molar-refractivity contribution is 5.96. The number of halogens is 2. The lowest BCUT2D eigenvalue weighted by Gasteiger charge is -2.23. The van der Waals surface area contributed by atoms with Gasteiger partial charge in [-0.1, -0.05) is 18.2 Å². The Morgan fingerprint density at radius 2 is 1.90 bits per heavy atom. The highest BCUT2D eigenvalue weighted by Crippen LogP contribution is 2.25. The number of rotatable bonds is 2. The van der Waals surface area contributed by atoms with E-state index in [4.69, 9.17) is 0 Å². The van der Waals surface area contributed by atoms with Crippen LogP contribution in [0.25, 0.3) is 0 Å². The molecule has 21 heavy (non-hydrogen) atoms. The Kier molecular flexibility index (Phi) is 3.66. The molecule has 0 spiro atoms. The van der Waals surface area contributed by atoms with Crippen molar-refractivity contribution in [3.05, 3.63) is 65.2 Å². The van der Waals surface area contributed by atoms with E-state index in [-0.39, 0.29) is 24.6 Å². The highest BCUT2D eigenvalue weighted by Gasteiger charge is 2.22.